The number of benzene rings is 1. The monoisotopic (exact) mass is 314 g/mol. The van der Waals surface area contributed by atoms with Gasteiger partial charge in [-0.05, 0) is 24.1 Å². The maximum atomic E-state index is 12.2. The van der Waals surface area contributed by atoms with Crippen LogP contribution in [0.2, 0.25) is 0 Å². The van der Waals surface area contributed by atoms with Gasteiger partial charge in [0.1, 0.15) is 6.04 Å². The Balaban J connectivity index is 3.13. The Morgan fingerprint density at radius 1 is 1.38 bits per heavy atom. The fraction of sp³-hybridized carbons (Fsp3) is 0.385. The minimum Gasteiger partial charge on any atom is -0.480 e. The molecule has 0 unspecified atom stereocenters. The van der Waals surface area contributed by atoms with Gasteiger partial charge in [-0.15, -0.1) is 0 Å². The van der Waals surface area contributed by atoms with E-state index in [1.54, 1.807) is 13.8 Å². The maximum absolute atomic E-state index is 12.2. The van der Waals surface area contributed by atoms with Crippen LogP contribution in [-0.2, 0) is 14.8 Å². The smallest absolute Gasteiger partial charge is 0.322 e. The highest BCUT2D eigenvalue weighted by Crippen LogP contribution is 2.15. The average Bonchev–Trinajstić information content (AvgIpc) is 2.43. The number of carboxylic acid groups (broad SMARTS) is 1. The summed E-state index contributed by atoms with van der Waals surface area (Å²) in [6.45, 7) is 3.41. The predicted molar refractivity (Wildman–Crippen MR) is 76.2 cm³/mol. The van der Waals surface area contributed by atoms with Crippen molar-refractivity contribution in [1.29, 1.82) is 0 Å². The van der Waals surface area contributed by atoms with Crippen LogP contribution in [0.5, 0.6) is 0 Å². The average molecular weight is 314 g/mol. The van der Waals surface area contributed by atoms with Crippen LogP contribution in [0.1, 0.15) is 30.6 Å². The molecular weight excluding hydrogens is 296 g/mol. The highest BCUT2D eigenvalue weighted by atomic mass is 32.2. The van der Waals surface area contributed by atoms with Gasteiger partial charge in [0.2, 0.25) is 15.9 Å². The van der Waals surface area contributed by atoms with Crippen molar-refractivity contribution in [2.24, 2.45) is 11.7 Å². The SMILES string of the molecule is CC[C@H](C)[C@H](NS(=O)(=O)c1cccc(C(N)=O)c1)C(=O)O. The van der Waals surface area contributed by atoms with Gasteiger partial charge in [-0.3, -0.25) is 9.59 Å². The number of hydrogen-bond acceptors (Lipinski definition) is 4. The lowest BCUT2D eigenvalue weighted by Gasteiger charge is -2.20. The van der Waals surface area contributed by atoms with Gasteiger partial charge in [0, 0.05) is 5.56 Å². The van der Waals surface area contributed by atoms with Crippen molar-refractivity contribution in [3.63, 3.8) is 0 Å². The number of amides is 1. The van der Waals surface area contributed by atoms with E-state index in [4.69, 9.17) is 10.8 Å². The van der Waals surface area contributed by atoms with E-state index < -0.39 is 27.9 Å². The number of nitrogens with two attached hydrogens (primary N) is 1. The van der Waals surface area contributed by atoms with E-state index in [0.717, 1.165) is 6.07 Å². The summed E-state index contributed by atoms with van der Waals surface area (Å²) in [5, 5.41) is 9.13. The fourth-order valence-electron chi connectivity index (χ4n) is 1.70. The second-order valence-electron chi connectivity index (χ2n) is 4.71. The van der Waals surface area contributed by atoms with Crippen molar-refractivity contribution in [3.8, 4) is 0 Å². The molecule has 1 rings (SSSR count). The minimum atomic E-state index is -4.05. The Bertz CT molecular complexity index is 642. The standard InChI is InChI=1S/C13H18N2O5S/c1-3-8(2)11(13(17)18)15-21(19,20)10-6-4-5-9(7-10)12(14)16/h4-8,11,15H,3H2,1-2H3,(H2,14,16)(H,17,18)/t8-,11-/m0/s1. The highest BCUT2D eigenvalue weighted by molar-refractivity contribution is 7.89. The van der Waals surface area contributed by atoms with Crippen LogP contribution < -0.4 is 10.5 Å². The Hall–Kier alpha value is -1.93. The first-order valence-corrected chi connectivity index (χ1v) is 7.82. The molecule has 116 valence electrons. The van der Waals surface area contributed by atoms with E-state index in [2.05, 4.69) is 4.72 Å². The van der Waals surface area contributed by atoms with Crippen LogP contribution in [0.4, 0.5) is 0 Å². The molecule has 8 heteroatoms. The van der Waals surface area contributed by atoms with Gasteiger partial charge in [-0.25, -0.2) is 8.42 Å². The lowest BCUT2D eigenvalue weighted by atomic mass is 10.0. The Labute approximate surface area is 123 Å². The van der Waals surface area contributed by atoms with Crippen LogP contribution >= 0.6 is 0 Å². The number of aliphatic carboxylic acids is 1. The van der Waals surface area contributed by atoms with Crippen LogP contribution in [0.3, 0.4) is 0 Å². The van der Waals surface area contributed by atoms with Gasteiger partial charge in [0.25, 0.3) is 0 Å². The van der Waals surface area contributed by atoms with Gasteiger partial charge in [0.15, 0.2) is 0 Å². The van der Waals surface area contributed by atoms with Crippen molar-refractivity contribution in [1.82, 2.24) is 4.72 Å². The molecule has 0 saturated carbocycles. The molecule has 0 spiro atoms. The zero-order chi connectivity index (χ0) is 16.2. The lowest BCUT2D eigenvalue weighted by Crippen LogP contribution is -2.44. The van der Waals surface area contributed by atoms with E-state index in [1.807, 2.05) is 0 Å². The van der Waals surface area contributed by atoms with E-state index in [9.17, 15) is 18.0 Å². The van der Waals surface area contributed by atoms with Gasteiger partial charge in [0.05, 0.1) is 4.90 Å². The number of carboxylic acids is 1. The molecule has 7 nitrogen and oxygen atoms in total. The molecule has 0 saturated heterocycles. The minimum absolute atomic E-state index is 0.0355. The first kappa shape index (κ1) is 17.1. The van der Waals surface area contributed by atoms with Crippen LogP contribution in [-0.4, -0.2) is 31.4 Å². The van der Waals surface area contributed by atoms with Crippen LogP contribution in [0, 0.1) is 5.92 Å². The quantitative estimate of drug-likeness (QED) is 0.678. The molecule has 21 heavy (non-hydrogen) atoms. The summed E-state index contributed by atoms with van der Waals surface area (Å²) in [6, 6.07) is 3.89. The summed E-state index contributed by atoms with van der Waals surface area (Å²) < 4.78 is 26.6. The van der Waals surface area contributed by atoms with Crippen molar-refractivity contribution in [2.75, 3.05) is 0 Å². The summed E-state index contributed by atoms with van der Waals surface area (Å²) in [7, 11) is -4.05. The summed E-state index contributed by atoms with van der Waals surface area (Å²) in [4.78, 5) is 22.1. The zero-order valence-corrected chi connectivity index (χ0v) is 12.6. The second-order valence-corrected chi connectivity index (χ2v) is 6.43. The molecule has 1 aromatic rings. The third-order valence-electron chi connectivity index (χ3n) is 3.19. The fourth-order valence-corrected chi connectivity index (χ4v) is 3.04. The Morgan fingerprint density at radius 3 is 2.48 bits per heavy atom. The largest absolute Gasteiger partial charge is 0.480 e. The van der Waals surface area contributed by atoms with Crippen molar-refractivity contribution in [3.05, 3.63) is 29.8 Å². The summed E-state index contributed by atoms with van der Waals surface area (Å²) >= 11 is 0. The molecule has 1 amide bonds. The molecule has 0 bridgehead atoms. The van der Waals surface area contributed by atoms with Gasteiger partial charge in [-0.1, -0.05) is 26.3 Å². The zero-order valence-electron chi connectivity index (χ0n) is 11.7. The van der Waals surface area contributed by atoms with Gasteiger partial charge < -0.3 is 10.8 Å². The van der Waals surface area contributed by atoms with Crippen molar-refractivity contribution >= 4 is 21.9 Å². The summed E-state index contributed by atoms with van der Waals surface area (Å²) in [6.07, 6.45) is 0.501. The van der Waals surface area contributed by atoms with Crippen LogP contribution in [0.25, 0.3) is 0 Å². The number of carbonyl (C=O) groups excluding carboxylic acids is 1. The lowest BCUT2D eigenvalue weighted by molar-refractivity contribution is -0.140. The van der Waals surface area contributed by atoms with Crippen molar-refractivity contribution in [2.45, 2.75) is 31.2 Å². The molecule has 0 aliphatic carbocycles. The van der Waals surface area contributed by atoms with E-state index in [-0.39, 0.29) is 16.4 Å². The first-order valence-electron chi connectivity index (χ1n) is 6.34. The second kappa shape index (κ2) is 6.68. The third kappa shape index (κ3) is 4.27. The normalized spacial score (nSPS) is 14.4. The number of nitrogens with one attached hydrogen (secondary N) is 1. The van der Waals surface area contributed by atoms with E-state index in [1.165, 1.54) is 18.2 Å². The van der Waals surface area contributed by atoms with Gasteiger partial charge in [-0.2, -0.15) is 4.72 Å². The number of rotatable bonds is 7. The van der Waals surface area contributed by atoms with Crippen molar-refractivity contribution < 1.29 is 23.1 Å². The predicted octanol–water partition coefficient (Wildman–Crippen LogP) is 0.563. The number of hydrogen-bond donors (Lipinski definition) is 3. The third-order valence-corrected chi connectivity index (χ3v) is 4.63. The molecule has 2 atom stereocenters. The molecule has 0 radical (unpaired) electrons. The number of sulfonamides is 1. The molecule has 4 N–H and O–H groups in total. The molecule has 0 heterocycles. The Kier molecular flexibility index (Phi) is 5.45. The maximum Gasteiger partial charge on any atom is 0.322 e. The molecule has 0 fully saturated rings. The molecule has 0 aliphatic heterocycles. The van der Waals surface area contributed by atoms with E-state index in [0.29, 0.717) is 6.42 Å². The molecule has 1 aromatic carbocycles. The van der Waals surface area contributed by atoms with Gasteiger partial charge >= 0.3 is 5.97 Å². The molecular formula is C13H18N2O5S. The van der Waals surface area contributed by atoms with Crippen LogP contribution in [0.15, 0.2) is 29.2 Å². The topological polar surface area (TPSA) is 127 Å². The summed E-state index contributed by atoms with van der Waals surface area (Å²) in [5.74, 6) is -2.39. The molecule has 0 aliphatic rings. The number of carbonyl (C=O) groups is 2. The first-order chi connectivity index (χ1) is 9.69. The number of primary amides is 1. The molecule has 0 aromatic heterocycles. The Morgan fingerprint density at radius 2 is 2.00 bits per heavy atom. The summed E-state index contributed by atoms with van der Waals surface area (Å²) in [5.41, 5.74) is 5.13. The highest BCUT2D eigenvalue weighted by Gasteiger charge is 2.29. The van der Waals surface area contributed by atoms with E-state index >= 15 is 0 Å².